The van der Waals surface area contributed by atoms with Gasteiger partial charge in [0.05, 0.1) is 0 Å². The van der Waals surface area contributed by atoms with Gasteiger partial charge in [0, 0.05) is 13.1 Å². The van der Waals surface area contributed by atoms with Gasteiger partial charge in [-0.25, -0.2) is 0 Å². The average Bonchev–Trinajstić information content (AvgIpc) is 2.60. The van der Waals surface area contributed by atoms with Crippen LogP contribution >= 0.6 is 0 Å². The molecule has 1 fully saturated rings. The third-order valence-electron chi connectivity index (χ3n) is 3.85. The Hall–Kier alpha value is -0.860. The summed E-state index contributed by atoms with van der Waals surface area (Å²) in [6, 6.07) is 6.83. The van der Waals surface area contributed by atoms with Gasteiger partial charge in [-0.3, -0.25) is 0 Å². The standard InChI is InChI=1S/C16H26N2/c1-14-6-7-16(15(2)13-14)5-3-10-18-11-4-8-17-9-12-18/h6-7,13,17H,3-5,8-12H2,1-2H3. The van der Waals surface area contributed by atoms with Crippen molar-refractivity contribution in [1.29, 1.82) is 0 Å². The van der Waals surface area contributed by atoms with Crippen LogP contribution in [0.2, 0.25) is 0 Å². The molecule has 0 atom stereocenters. The van der Waals surface area contributed by atoms with E-state index < -0.39 is 0 Å². The molecule has 1 heterocycles. The minimum absolute atomic E-state index is 1.16. The van der Waals surface area contributed by atoms with Crippen LogP contribution in [-0.2, 0) is 6.42 Å². The Bertz CT molecular complexity index is 365. The van der Waals surface area contributed by atoms with Gasteiger partial charge < -0.3 is 10.2 Å². The number of nitrogens with one attached hydrogen (secondary N) is 1. The summed E-state index contributed by atoms with van der Waals surface area (Å²) in [4.78, 5) is 2.60. The number of benzene rings is 1. The van der Waals surface area contributed by atoms with Crippen LogP contribution in [0.5, 0.6) is 0 Å². The van der Waals surface area contributed by atoms with E-state index in [1.165, 1.54) is 62.1 Å². The van der Waals surface area contributed by atoms with Crippen molar-refractivity contribution < 1.29 is 0 Å². The van der Waals surface area contributed by atoms with Crippen LogP contribution in [0.15, 0.2) is 18.2 Å². The van der Waals surface area contributed by atoms with Crippen LogP contribution < -0.4 is 5.32 Å². The first-order valence-corrected chi connectivity index (χ1v) is 7.25. The zero-order valence-electron chi connectivity index (χ0n) is 11.8. The molecule has 18 heavy (non-hydrogen) atoms. The molecule has 0 spiro atoms. The smallest absolute Gasteiger partial charge is 0.0107 e. The van der Waals surface area contributed by atoms with E-state index in [4.69, 9.17) is 0 Å². The van der Waals surface area contributed by atoms with Crippen molar-refractivity contribution in [2.75, 3.05) is 32.7 Å². The third-order valence-corrected chi connectivity index (χ3v) is 3.85. The molecule has 1 N–H and O–H groups in total. The third kappa shape index (κ3) is 4.11. The van der Waals surface area contributed by atoms with Gasteiger partial charge in [-0.15, -0.1) is 0 Å². The van der Waals surface area contributed by atoms with Crippen molar-refractivity contribution in [1.82, 2.24) is 10.2 Å². The molecule has 1 saturated heterocycles. The lowest BCUT2D eigenvalue weighted by Gasteiger charge is -2.19. The van der Waals surface area contributed by atoms with Crippen molar-refractivity contribution in [2.24, 2.45) is 0 Å². The summed E-state index contributed by atoms with van der Waals surface area (Å²) in [5.41, 5.74) is 4.34. The average molecular weight is 246 g/mol. The fourth-order valence-corrected chi connectivity index (χ4v) is 2.74. The van der Waals surface area contributed by atoms with Crippen molar-refractivity contribution in [3.8, 4) is 0 Å². The summed E-state index contributed by atoms with van der Waals surface area (Å²) in [6.07, 6.45) is 3.80. The first-order valence-electron chi connectivity index (χ1n) is 7.25. The van der Waals surface area contributed by atoms with Gasteiger partial charge in [0.2, 0.25) is 0 Å². The molecular formula is C16H26N2. The molecule has 1 aliphatic rings. The van der Waals surface area contributed by atoms with Crippen LogP contribution in [0.3, 0.4) is 0 Å². The summed E-state index contributed by atoms with van der Waals surface area (Å²) in [7, 11) is 0. The molecule has 2 rings (SSSR count). The van der Waals surface area contributed by atoms with E-state index in [9.17, 15) is 0 Å². The predicted molar refractivity (Wildman–Crippen MR) is 78.2 cm³/mol. The van der Waals surface area contributed by atoms with Crippen molar-refractivity contribution >= 4 is 0 Å². The summed E-state index contributed by atoms with van der Waals surface area (Å²) in [5.74, 6) is 0. The fourth-order valence-electron chi connectivity index (χ4n) is 2.74. The van der Waals surface area contributed by atoms with Crippen molar-refractivity contribution in [3.63, 3.8) is 0 Å². The molecule has 2 nitrogen and oxygen atoms in total. The van der Waals surface area contributed by atoms with Gasteiger partial charge in [0.1, 0.15) is 0 Å². The van der Waals surface area contributed by atoms with E-state index in [1.54, 1.807) is 0 Å². The highest BCUT2D eigenvalue weighted by Crippen LogP contribution is 2.13. The van der Waals surface area contributed by atoms with Gasteiger partial charge in [-0.1, -0.05) is 23.8 Å². The molecule has 2 heteroatoms. The molecule has 0 radical (unpaired) electrons. The van der Waals surface area contributed by atoms with Crippen LogP contribution in [0, 0.1) is 13.8 Å². The maximum Gasteiger partial charge on any atom is 0.0107 e. The highest BCUT2D eigenvalue weighted by molar-refractivity contribution is 5.30. The molecular weight excluding hydrogens is 220 g/mol. The Labute approximate surface area is 111 Å². The second kappa shape index (κ2) is 6.91. The normalized spacial score (nSPS) is 17.7. The fraction of sp³-hybridized carbons (Fsp3) is 0.625. The Morgan fingerprint density at radius 1 is 1.17 bits per heavy atom. The number of aryl methyl sites for hydroxylation is 3. The Morgan fingerprint density at radius 2 is 2.06 bits per heavy atom. The maximum atomic E-state index is 3.46. The summed E-state index contributed by atoms with van der Waals surface area (Å²) in [5, 5.41) is 3.46. The largest absolute Gasteiger partial charge is 0.315 e. The monoisotopic (exact) mass is 246 g/mol. The number of nitrogens with zero attached hydrogens (tertiary/aromatic N) is 1. The highest BCUT2D eigenvalue weighted by Gasteiger charge is 2.08. The Balaban J connectivity index is 1.77. The number of rotatable bonds is 4. The van der Waals surface area contributed by atoms with E-state index in [-0.39, 0.29) is 0 Å². The van der Waals surface area contributed by atoms with Gasteiger partial charge in [0.15, 0.2) is 0 Å². The van der Waals surface area contributed by atoms with Gasteiger partial charge >= 0.3 is 0 Å². The molecule has 1 aliphatic heterocycles. The van der Waals surface area contributed by atoms with Crippen LogP contribution in [-0.4, -0.2) is 37.6 Å². The Morgan fingerprint density at radius 3 is 2.89 bits per heavy atom. The lowest BCUT2D eigenvalue weighted by Crippen LogP contribution is -2.29. The van der Waals surface area contributed by atoms with E-state index >= 15 is 0 Å². The molecule has 1 aromatic carbocycles. The minimum Gasteiger partial charge on any atom is -0.315 e. The van der Waals surface area contributed by atoms with E-state index in [2.05, 4.69) is 42.3 Å². The number of hydrogen-bond acceptors (Lipinski definition) is 2. The zero-order chi connectivity index (χ0) is 12.8. The quantitative estimate of drug-likeness (QED) is 0.878. The van der Waals surface area contributed by atoms with E-state index in [0.717, 1.165) is 6.54 Å². The molecule has 0 bridgehead atoms. The van der Waals surface area contributed by atoms with Gasteiger partial charge in [0.25, 0.3) is 0 Å². The Kier molecular flexibility index (Phi) is 5.21. The van der Waals surface area contributed by atoms with Crippen LogP contribution in [0.4, 0.5) is 0 Å². The predicted octanol–water partition coefficient (Wildman–Crippen LogP) is 2.53. The molecule has 0 unspecified atom stereocenters. The zero-order valence-corrected chi connectivity index (χ0v) is 11.8. The van der Waals surface area contributed by atoms with Crippen LogP contribution in [0.1, 0.15) is 29.5 Å². The molecule has 0 amide bonds. The summed E-state index contributed by atoms with van der Waals surface area (Å²) in [6.45, 7) is 10.5. The lowest BCUT2D eigenvalue weighted by molar-refractivity contribution is 0.289. The van der Waals surface area contributed by atoms with Crippen LogP contribution in [0.25, 0.3) is 0 Å². The van der Waals surface area contributed by atoms with E-state index in [0.29, 0.717) is 0 Å². The van der Waals surface area contributed by atoms with Crippen molar-refractivity contribution in [2.45, 2.75) is 33.1 Å². The summed E-state index contributed by atoms with van der Waals surface area (Å²) < 4.78 is 0. The summed E-state index contributed by atoms with van der Waals surface area (Å²) >= 11 is 0. The second-order valence-electron chi connectivity index (χ2n) is 5.48. The molecule has 0 aliphatic carbocycles. The van der Waals surface area contributed by atoms with E-state index in [1.807, 2.05) is 0 Å². The van der Waals surface area contributed by atoms with Gasteiger partial charge in [-0.05, 0) is 63.9 Å². The molecule has 1 aromatic rings. The van der Waals surface area contributed by atoms with Crippen molar-refractivity contribution in [3.05, 3.63) is 34.9 Å². The lowest BCUT2D eigenvalue weighted by atomic mass is 10.0. The second-order valence-corrected chi connectivity index (χ2v) is 5.48. The highest BCUT2D eigenvalue weighted by atomic mass is 15.1. The molecule has 0 aromatic heterocycles. The maximum absolute atomic E-state index is 3.46. The SMILES string of the molecule is Cc1ccc(CCCN2CCCNCC2)c(C)c1. The van der Waals surface area contributed by atoms with Gasteiger partial charge in [-0.2, -0.15) is 0 Å². The first-order chi connectivity index (χ1) is 8.75. The first kappa shape index (κ1) is 13.6. The minimum atomic E-state index is 1.16. The number of hydrogen-bond donors (Lipinski definition) is 1. The molecule has 0 saturated carbocycles. The molecule has 100 valence electrons. The topological polar surface area (TPSA) is 15.3 Å².